The normalized spacial score (nSPS) is 28.6. The van der Waals surface area contributed by atoms with Crippen molar-refractivity contribution in [3.05, 3.63) is 22.9 Å². The Hall–Kier alpha value is -0.800. The first-order valence-electron chi connectivity index (χ1n) is 10.4. The van der Waals surface area contributed by atoms with Crippen molar-refractivity contribution in [3.63, 3.8) is 0 Å². The molecule has 24 heavy (non-hydrogen) atoms. The van der Waals surface area contributed by atoms with E-state index < -0.39 is 0 Å². The number of rotatable bonds is 2. The van der Waals surface area contributed by atoms with Crippen LogP contribution in [0.2, 0.25) is 0 Å². The van der Waals surface area contributed by atoms with Gasteiger partial charge in [0, 0.05) is 6.54 Å². The van der Waals surface area contributed by atoms with Crippen molar-refractivity contribution in [1.29, 1.82) is 0 Å². The number of allylic oxidation sites excluding steroid dienone is 3. The zero-order chi connectivity index (χ0) is 16.9. The first kappa shape index (κ1) is 19.5. The lowest BCUT2D eigenvalue weighted by atomic mass is 9.92. The second-order valence-corrected chi connectivity index (χ2v) is 7.43. The second kappa shape index (κ2) is 12.5. The van der Waals surface area contributed by atoms with E-state index >= 15 is 0 Å². The number of aliphatic hydroxyl groups excluding tert-OH is 1. The molecule has 0 radical (unpaired) electrons. The monoisotopic (exact) mass is 334 g/mol. The minimum atomic E-state index is 0.111. The summed E-state index contributed by atoms with van der Waals surface area (Å²) in [4.78, 5) is 0. The molecule has 2 aliphatic rings. The third-order valence-corrected chi connectivity index (χ3v) is 5.42. The first-order chi connectivity index (χ1) is 11.9. The molecule has 1 aliphatic heterocycles. The summed E-state index contributed by atoms with van der Waals surface area (Å²) >= 11 is 0. The lowest BCUT2D eigenvalue weighted by Crippen LogP contribution is -2.34. The van der Waals surface area contributed by atoms with Crippen LogP contribution in [0.4, 0.5) is 0 Å². The van der Waals surface area contributed by atoms with E-state index in [2.05, 4.69) is 16.9 Å². The minimum Gasteiger partial charge on any atom is -0.390 e. The molecule has 0 bridgehead atoms. The van der Waals surface area contributed by atoms with Crippen molar-refractivity contribution in [3.8, 4) is 0 Å². The molecule has 0 fully saturated rings. The van der Waals surface area contributed by atoms with Gasteiger partial charge in [0.25, 0.3) is 0 Å². The first-order valence-corrected chi connectivity index (χ1v) is 10.4. The molecule has 0 atom stereocenters. The maximum Gasteiger partial charge on any atom is 0.0844 e. The molecule has 138 valence electrons. The zero-order valence-corrected chi connectivity index (χ0v) is 15.5. The standard InChI is InChI=1S/C21H38N2O/c24-18-21-20(16-12-8-5-9-13-17-22-23-21)19-14-10-6-3-1-2-4-7-11-15-19/h14,22-24H,1-13,15-18H2/b19-14+,21-20+. The number of aliphatic hydroxyl groups is 1. The molecule has 1 aliphatic carbocycles. The van der Waals surface area contributed by atoms with Crippen molar-refractivity contribution in [2.45, 2.75) is 96.3 Å². The van der Waals surface area contributed by atoms with Gasteiger partial charge >= 0.3 is 0 Å². The summed E-state index contributed by atoms with van der Waals surface area (Å²) in [6, 6.07) is 0. The van der Waals surface area contributed by atoms with Crippen molar-refractivity contribution in [1.82, 2.24) is 10.9 Å². The van der Waals surface area contributed by atoms with E-state index in [-0.39, 0.29) is 6.61 Å². The molecule has 2 rings (SSSR count). The Morgan fingerprint density at radius 3 is 2.12 bits per heavy atom. The van der Waals surface area contributed by atoms with Crippen LogP contribution in [-0.4, -0.2) is 18.3 Å². The Morgan fingerprint density at radius 2 is 1.38 bits per heavy atom. The molecule has 0 aromatic rings. The summed E-state index contributed by atoms with van der Waals surface area (Å²) in [5.74, 6) is 0. The van der Waals surface area contributed by atoms with Gasteiger partial charge in [-0.3, -0.25) is 0 Å². The Bertz CT molecular complexity index is 401. The van der Waals surface area contributed by atoms with Crippen LogP contribution in [0.25, 0.3) is 0 Å². The van der Waals surface area contributed by atoms with Crippen molar-refractivity contribution in [2.75, 3.05) is 13.2 Å². The number of hydrazine groups is 1. The fraction of sp³-hybridized carbons (Fsp3) is 0.810. The molecular weight excluding hydrogens is 296 g/mol. The highest BCUT2D eigenvalue weighted by Gasteiger charge is 2.13. The van der Waals surface area contributed by atoms with Gasteiger partial charge in [0.2, 0.25) is 0 Å². The van der Waals surface area contributed by atoms with Gasteiger partial charge in [-0.2, -0.15) is 0 Å². The Kier molecular flexibility index (Phi) is 10.2. The van der Waals surface area contributed by atoms with E-state index in [0.29, 0.717) is 0 Å². The number of hydrogen-bond acceptors (Lipinski definition) is 3. The second-order valence-electron chi connectivity index (χ2n) is 7.43. The van der Waals surface area contributed by atoms with Gasteiger partial charge in [-0.25, -0.2) is 5.43 Å². The lowest BCUT2D eigenvalue weighted by Gasteiger charge is -2.19. The summed E-state index contributed by atoms with van der Waals surface area (Å²) in [7, 11) is 0. The Morgan fingerprint density at radius 1 is 0.750 bits per heavy atom. The largest absolute Gasteiger partial charge is 0.390 e. The van der Waals surface area contributed by atoms with Gasteiger partial charge < -0.3 is 10.5 Å². The summed E-state index contributed by atoms with van der Waals surface area (Å²) < 4.78 is 0. The smallest absolute Gasteiger partial charge is 0.0844 e. The van der Waals surface area contributed by atoms with Crippen LogP contribution in [-0.2, 0) is 0 Å². The van der Waals surface area contributed by atoms with Crippen LogP contribution < -0.4 is 10.9 Å². The lowest BCUT2D eigenvalue weighted by molar-refractivity contribution is 0.313. The highest BCUT2D eigenvalue weighted by molar-refractivity contribution is 5.35. The average Bonchev–Trinajstić information content (AvgIpc) is 2.70. The van der Waals surface area contributed by atoms with Gasteiger partial charge in [0.15, 0.2) is 0 Å². The Balaban J connectivity index is 2.13. The number of hydrogen-bond donors (Lipinski definition) is 3. The van der Waals surface area contributed by atoms with Crippen molar-refractivity contribution < 1.29 is 5.11 Å². The van der Waals surface area contributed by atoms with E-state index in [9.17, 15) is 5.11 Å². The molecule has 0 spiro atoms. The molecule has 0 saturated carbocycles. The fourth-order valence-electron chi connectivity index (χ4n) is 3.93. The molecule has 1 heterocycles. The van der Waals surface area contributed by atoms with Gasteiger partial charge in [0.1, 0.15) is 0 Å². The van der Waals surface area contributed by atoms with E-state index in [1.165, 1.54) is 101 Å². The van der Waals surface area contributed by atoms with E-state index in [1.807, 2.05) is 0 Å². The topological polar surface area (TPSA) is 44.3 Å². The molecule has 3 N–H and O–H groups in total. The third kappa shape index (κ3) is 7.40. The molecule has 0 aromatic heterocycles. The van der Waals surface area contributed by atoms with E-state index in [4.69, 9.17) is 0 Å². The zero-order valence-electron chi connectivity index (χ0n) is 15.5. The predicted octanol–water partition coefficient (Wildman–Crippen LogP) is 5.13. The van der Waals surface area contributed by atoms with Crippen LogP contribution in [0.15, 0.2) is 22.9 Å². The summed E-state index contributed by atoms with van der Waals surface area (Å²) in [5, 5.41) is 9.93. The summed E-state index contributed by atoms with van der Waals surface area (Å²) in [6.45, 7) is 1.09. The Labute approximate surface area is 149 Å². The quantitative estimate of drug-likeness (QED) is 0.656. The maximum absolute atomic E-state index is 9.93. The minimum absolute atomic E-state index is 0.111. The van der Waals surface area contributed by atoms with Gasteiger partial charge in [0.05, 0.1) is 12.3 Å². The van der Waals surface area contributed by atoms with E-state index in [0.717, 1.165) is 18.7 Å². The van der Waals surface area contributed by atoms with Crippen molar-refractivity contribution >= 4 is 0 Å². The average molecular weight is 335 g/mol. The van der Waals surface area contributed by atoms with Gasteiger partial charge in [-0.15, -0.1) is 0 Å². The maximum atomic E-state index is 9.93. The highest BCUT2D eigenvalue weighted by atomic mass is 16.3. The fourth-order valence-corrected chi connectivity index (χ4v) is 3.93. The summed E-state index contributed by atoms with van der Waals surface area (Å²) in [5.41, 5.74) is 10.6. The molecule has 0 aromatic carbocycles. The molecule has 3 heteroatoms. The summed E-state index contributed by atoms with van der Waals surface area (Å²) in [6.07, 6.45) is 21.9. The van der Waals surface area contributed by atoms with Crippen LogP contribution in [0.3, 0.4) is 0 Å². The van der Waals surface area contributed by atoms with Crippen LogP contribution in [0.1, 0.15) is 96.3 Å². The number of nitrogens with one attached hydrogen (secondary N) is 2. The molecule has 0 amide bonds. The molecular formula is C21H38N2O. The van der Waals surface area contributed by atoms with Crippen LogP contribution in [0.5, 0.6) is 0 Å². The van der Waals surface area contributed by atoms with Gasteiger partial charge in [-0.1, -0.05) is 57.4 Å². The highest BCUT2D eigenvalue weighted by Crippen LogP contribution is 2.28. The van der Waals surface area contributed by atoms with Gasteiger partial charge in [-0.05, 0) is 56.1 Å². The van der Waals surface area contributed by atoms with Crippen LogP contribution in [0, 0.1) is 0 Å². The SMILES string of the molecule is OC/C1=C(\C2=C\CCCCCCCCC2)CCCCCCCNN1. The van der Waals surface area contributed by atoms with E-state index in [1.54, 1.807) is 0 Å². The third-order valence-electron chi connectivity index (χ3n) is 5.42. The van der Waals surface area contributed by atoms with Crippen LogP contribution >= 0.6 is 0 Å². The predicted molar refractivity (Wildman–Crippen MR) is 103 cm³/mol. The molecule has 0 unspecified atom stereocenters. The van der Waals surface area contributed by atoms with Crippen molar-refractivity contribution in [2.24, 2.45) is 0 Å². The molecule has 3 nitrogen and oxygen atoms in total. The molecule has 0 saturated heterocycles.